The van der Waals surface area contributed by atoms with Crippen molar-refractivity contribution in [2.24, 2.45) is 0 Å². The van der Waals surface area contributed by atoms with Crippen molar-refractivity contribution in [3.8, 4) is 5.75 Å². The molecular weight excluding hydrogens is 317 g/mol. The molecule has 1 aromatic carbocycles. The first-order chi connectivity index (χ1) is 12.2. The number of aromatic nitrogens is 1. The van der Waals surface area contributed by atoms with E-state index < -0.39 is 0 Å². The number of ether oxygens (including phenoxy) is 1. The lowest BCUT2D eigenvalue weighted by atomic mass is 10.0. The van der Waals surface area contributed by atoms with Crippen LogP contribution in [0.15, 0.2) is 42.6 Å². The standard InChI is InChI=1S/C20H26FN3O/c1-2-25-20-7-6-16(13-19(20)21)14-23-17-8-11-24(12-9-17)15-18-5-3-4-10-22-18/h3-7,10,13,17,23H,2,8-9,11-12,14-15H2,1H3. The van der Waals surface area contributed by atoms with Gasteiger partial charge in [-0.25, -0.2) is 4.39 Å². The SMILES string of the molecule is CCOc1ccc(CNC2CCN(Cc3ccccn3)CC2)cc1F. The van der Waals surface area contributed by atoms with Crippen LogP contribution < -0.4 is 10.1 Å². The summed E-state index contributed by atoms with van der Waals surface area (Å²) in [4.78, 5) is 6.83. The number of pyridine rings is 1. The van der Waals surface area contributed by atoms with Crippen LogP contribution >= 0.6 is 0 Å². The minimum atomic E-state index is -0.286. The number of hydrogen-bond acceptors (Lipinski definition) is 4. The average Bonchev–Trinajstić information content (AvgIpc) is 2.64. The Hall–Kier alpha value is -1.98. The van der Waals surface area contributed by atoms with Crippen LogP contribution in [0.2, 0.25) is 0 Å². The first-order valence-electron chi connectivity index (χ1n) is 9.01. The zero-order valence-corrected chi connectivity index (χ0v) is 14.7. The maximum Gasteiger partial charge on any atom is 0.165 e. The van der Waals surface area contributed by atoms with Crippen molar-refractivity contribution in [1.82, 2.24) is 15.2 Å². The molecule has 0 spiro atoms. The van der Waals surface area contributed by atoms with E-state index in [1.807, 2.05) is 31.3 Å². The van der Waals surface area contributed by atoms with Crippen LogP contribution in [0.3, 0.4) is 0 Å². The van der Waals surface area contributed by atoms with Crippen LogP contribution in [-0.4, -0.2) is 35.6 Å². The summed E-state index contributed by atoms with van der Waals surface area (Å²) >= 11 is 0. The van der Waals surface area contributed by atoms with Gasteiger partial charge in [-0.05, 0) is 49.6 Å². The van der Waals surface area contributed by atoms with Crippen molar-refractivity contribution in [3.63, 3.8) is 0 Å². The molecule has 1 N–H and O–H groups in total. The van der Waals surface area contributed by atoms with Gasteiger partial charge in [-0.2, -0.15) is 0 Å². The number of halogens is 1. The Bertz CT molecular complexity index is 657. The van der Waals surface area contributed by atoms with Crippen LogP contribution in [-0.2, 0) is 13.1 Å². The second-order valence-corrected chi connectivity index (χ2v) is 6.45. The molecule has 4 nitrogen and oxygen atoms in total. The maximum atomic E-state index is 13.9. The molecular formula is C20H26FN3O. The summed E-state index contributed by atoms with van der Waals surface area (Å²) in [6.07, 6.45) is 4.05. The van der Waals surface area contributed by atoms with Gasteiger partial charge in [0.25, 0.3) is 0 Å². The summed E-state index contributed by atoms with van der Waals surface area (Å²) in [6, 6.07) is 11.7. The number of likely N-dealkylation sites (tertiary alicyclic amines) is 1. The zero-order valence-electron chi connectivity index (χ0n) is 14.7. The van der Waals surface area contributed by atoms with E-state index in [0.717, 1.165) is 43.7 Å². The van der Waals surface area contributed by atoms with Gasteiger partial charge >= 0.3 is 0 Å². The molecule has 1 aliphatic rings. The molecule has 0 unspecified atom stereocenters. The van der Waals surface area contributed by atoms with Gasteiger partial charge in [-0.15, -0.1) is 0 Å². The molecule has 2 heterocycles. The van der Waals surface area contributed by atoms with E-state index >= 15 is 0 Å². The Morgan fingerprint density at radius 2 is 2.08 bits per heavy atom. The normalized spacial score (nSPS) is 16.1. The smallest absolute Gasteiger partial charge is 0.165 e. The molecule has 1 aromatic heterocycles. The first-order valence-corrected chi connectivity index (χ1v) is 9.01. The van der Waals surface area contributed by atoms with Crippen LogP contribution in [0.4, 0.5) is 4.39 Å². The summed E-state index contributed by atoms with van der Waals surface area (Å²) in [6.45, 7) is 6.06. The highest BCUT2D eigenvalue weighted by molar-refractivity contribution is 5.29. The van der Waals surface area contributed by atoms with E-state index in [0.29, 0.717) is 24.9 Å². The summed E-state index contributed by atoms with van der Waals surface area (Å²) in [5, 5.41) is 3.55. The third-order valence-corrected chi connectivity index (χ3v) is 4.59. The summed E-state index contributed by atoms with van der Waals surface area (Å²) in [5.74, 6) is 0.0420. The van der Waals surface area contributed by atoms with Crippen molar-refractivity contribution < 1.29 is 9.13 Å². The number of hydrogen-bond donors (Lipinski definition) is 1. The van der Waals surface area contributed by atoms with Crippen molar-refractivity contribution in [2.75, 3.05) is 19.7 Å². The van der Waals surface area contributed by atoms with E-state index in [4.69, 9.17) is 4.74 Å². The lowest BCUT2D eigenvalue weighted by Gasteiger charge is -2.32. The largest absolute Gasteiger partial charge is 0.491 e. The van der Waals surface area contributed by atoms with Crippen molar-refractivity contribution in [2.45, 2.75) is 38.9 Å². The summed E-state index contributed by atoms with van der Waals surface area (Å²) in [7, 11) is 0. The molecule has 0 saturated carbocycles. The fourth-order valence-corrected chi connectivity index (χ4v) is 3.21. The van der Waals surface area contributed by atoms with Crippen molar-refractivity contribution in [3.05, 3.63) is 59.7 Å². The van der Waals surface area contributed by atoms with Crippen molar-refractivity contribution >= 4 is 0 Å². The third kappa shape index (κ3) is 5.25. The Labute approximate surface area is 149 Å². The predicted octanol–water partition coefficient (Wildman–Crippen LogP) is 3.37. The summed E-state index contributed by atoms with van der Waals surface area (Å²) in [5.41, 5.74) is 2.08. The molecule has 1 aliphatic heterocycles. The van der Waals surface area contributed by atoms with Crippen LogP contribution in [0.5, 0.6) is 5.75 Å². The maximum absolute atomic E-state index is 13.9. The van der Waals surface area contributed by atoms with E-state index in [1.54, 1.807) is 12.1 Å². The van der Waals surface area contributed by atoms with Gasteiger partial charge in [0.1, 0.15) is 0 Å². The minimum absolute atomic E-state index is 0.286. The Balaban J connectivity index is 1.42. The highest BCUT2D eigenvalue weighted by Gasteiger charge is 2.19. The first kappa shape index (κ1) is 17.8. The Morgan fingerprint density at radius 3 is 2.76 bits per heavy atom. The topological polar surface area (TPSA) is 37.4 Å². The third-order valence-electron chi connectivity index (χ3n) is 4.59. The van der Waals surface area contributed by atoms with Gasteiger partial charge in [-0.3, -0.25) is 9.88 Å². The minimum Gasteiger partial charge on any atom is -0.491 e. The summed E-state index contributed by atoms with van der Waals surface area (Å²) < 4.78 is 19.1. The van der Waals surface area contributed by atoms with Crippen LogP contribution in [0.1, 0.15) is 31.0 Å². The lowest BCUT2D eigenvalue weighted by molar-refractivity contribution is 0.188. The molecule has 5 heteroatoms. The van der Waals surface area contributed by atoms with E-state index in [2.05, 4.69) is 21.3 Å². The Morgan fingerprint density at radius 1 is 1.24 bits per heavy atom. The lowest BCUT2D eigenvalue weighted by Crippen LogP contribution is -2.41. The average molecular weight is 343 g/mol. The number of nitrogens with one attached hydrogen (secondary N) is 1. The van der Waals surface area contributed by atoms with Crippen LogP contribution in [0, 0.1) is 5.82 Å². The Kier molecular flexibility index (Phi) is 6.36. The zero-order chi connectivity index (χ0) is 17.5. The molecule has 0 radical (unpaired) electrons. The fraction of sp³-hybridized carbons (Fsp3) is 0.450. The quantitative estimate of drug-likeness (QED) is 0.836. The molecule has 0 aliphatic carbocycles. The fourth-order valence-electron chi connectivity index (χ4n) is 3.21. The molecule has 25 heavy (non-hydrogen) atoms. The molecule has 0 bridgehead atoms. The molecule has 1 saturated heterocycles. The molecule has 3 rings (SSSR count). The number of benzene rings is 1. The second kappa shape index (κ2) is 8.92. The van der Waals surface area contributed by atoms with E-state index in [1.165, 1.54) is 0 Å². The highest BCUT2D eigenvalue weighted by atomic mass is 19.1. The number of nitrogens with zero attached hydrogens (tertiary/aromatic N) is 2. The highest BCUT2D eigenvalue weighted by Crippen LogP contribution is 2.19. The molecule has 134 valence electrons. The predicted molar refractivity (Wildman–Crippen MR) is 96.9 cm³/mol. The molecule has 2 aromatic rings. The van der Waals surface area contributed by atoms with Gasteiger partial charge in [-0.1, -0.05) is 12.1 Å². The van der Waals surface area contributed by atoms with E-state index in [-0.39, 0.29) is 5.82 Å². The molecule has 0 atom stereocenters. The van der Waals surface area contributed by atoms with E-state index in [9.17, 15) is 4.39 Å². The van der Waals surface area contributed by atoms with Crippen molar-refractivity contribution in [1.29, 1.82) is 0 Å². The van der Waals surface area contributed by atoms with Gasteiger partial charge in [0.05, 0.1) is 12.3 Å². The molecule has 0 amide bonds. The van der Waals surface area contributed by atoms with Crippen LogP contribution in [0.25, 0.3) is 0 Å². The second-order valence-electron chi connectivity index (χ2n) is 6.45. The van der Waals surface area contributed by atoms with Gasteiger partial charge in [0.15, 0.2) is 11.6 Å². The van der Waals surface area contributed by atoms with Gasteiger partial charge < -0.3 is 10.1 Å². The monoisotopic (exact) mass is 343 g/mol. The molecule has 1 fully saturated rings. The number of piperidine rings is 1. The number of rotatable bonds is 7. The van der Waals surface area contributed by atoms with Gasteiger partial charge in [0, 0.05) is 38.4 Å². The van der Waals surface area contributed by atoms with Gasteiger partial charge in [0.2, 0.25) is 0 Å².